The number of rotatable bonds is 18. The van der Waals surface area contributed by atoms with Crippen molar-refractivity contribution < 1.29 is 70.2 Å². The fourth-order valence-electron chi connectivity index (χ4n) is 20.4. The van der Waals surface area contributed by atoms with Crippen molar-refractivity contribution in [3.8, 4) is 0 Å². The van der Waals surface area contributed by atoms with Crippen LogP contribution in [0.25, 0.3) is 16.9 Å². The Balaban J connectivity index is 0.000000130. The maximum Gasteiger partial charge on any atom is 0.272 e. The number of fused-ring (bicyclic) bond motifs is 3. The molecule has 4 aromatic carbocycles. The largest absolute Gasteiger partial charge is 0.383 e. The number of nitrogens with two attached hydrogens (primary N) is 1. The summed E-state index contributed by atoms with van der Waals surface area (Å²) in [4.78, 5) is 141. The van der Waals surface area contributed by atoms with Crippen molar-refractivity contribution in [2.24, 2.45) is 27.4 Å². The molecule has 704 valence electrons. The van der Waals surface area contributed by atoms with Crippen LogP contribution < -0.4 is 46.6 Å². The van der Waals surface area contributed by atoms with Gasteiger partial charge in [-0.25, -0.2) is 51.0 Å². The molecular weight excluding hydrogens is 1810 g/mol. The summed E-state index contributed by atoms with van der Waals surface area (Å²) in [6.45, 7) is 10.5. The highest BCUT2D eigenvalue weighted by Crippen LogP contribution is 2.53. The van der Waals surface area contributed by atoms with Gasteiger partial charge in [-0.3, -0.25) is 43.2 Å². The van der Waals surface area contributed by atoms with Gasteiger partial charge in [-0.05, 0) is 247 Å². The van der Waals surface area contributed by atoms with Crippen LogP contribution in [0.4, 0.5) is 40.3 Å². The van der Waals surface area contributed by atoms with Crippen LogP contribution in [-0.4, -0.2) is 178 Å². The smallest absolute Gasteiger partial charge is 0.272 e. The van der Waals surface area contributed by atoms with Gasteiger partial charge in [0.1, 0.15) is 45.7 Å². The van der Waals surface area contributed by atoms with Crippen LogP contribution in [0.2, 0.25) is 20.1 Å². The molecule has 134 heavy (non-hydrogen) atoms. The Morgan fingerprint density at radius 3 is 1.34 bits per heavy atom. The molecule has 9 amide bonds. The minimum atomic E-state index is -0.732. The summed E-state index contributed by atoms with van der Waals surface area (Å²) in [7, 11) is 3.12. The predicted octanol–water partition coefficient (Wildman–Crippen LogP) is 14.9. The first-order valence-electron chi connectivity index (χ1n) is 44.8. The summed E-state index contributed by atoms with van der Waals surface area (Å²) in [5.41, 5.74) is 12.6. The molecule has 6 N–H and O–H groups in total. The van der Waals surface area contributed by atoms with Crippen molar-refractivity contribution in [3.05, 3.63) is 222 Å². The van der Waals surface area contributed by atoms with E-state index in [9.17, 15) is 60.7 Å². The molecule has 39 heteroatoms. The summed E-state index contributed by atoms with van der Waals surface area (Å²) in [6.07, 6.45) is 23.2. The molecule has 0 bridgehead atoms. The second-order valence-electron chi connectivity index (χ2n) is 36.1. The molecular formula is C95H102Cl4F4N20O11. The van der Waals surface area contributed by atoms with E-state index in [0.717, 1.165) is 42.0 Å². The zero-order chi connectivity index (χ0) is 95.0. The molecule has 0 atom stereocenters. The minimum Gasteiger partial charge on any atom is -0.383 e. The molecule has 0 unspecified atom stereocenters. The van der Waals surface area contributed by atoms with Crippen LogP contribution in [0.15, 0.2) is 122 Å². The van der Waals surface area contributed by atoms with Gasteiger partial charge >= 0.3 is 0 Å². The molecule has 31 nitrogen and oxygen atoms in total. The van der Waals surface area contributed by atoms with E-state index >= 15 is 0 Å². The van der Waals surface area contributed by atoms with Crippen molar-refractivity contribution in [1.82, 2.24) is 74.6 Å². The lowest BCUT2D eigenvalue weighted by Gasteiger charge is -2.36. The monoisotopic (exact) mass is 1910 g/mol. The van der Waals surface area contributed by atoms with Gasteiger partial charge in [0.15, 0.2) is 22.6 Å². The fraction of sp³-hybridized carbons (Fsp3) is 0.432. The lowest BCUT2D eigenvalue weighted by Crippen LogP contribution is -2.44. The number of carbonyl (C=O) groups is 9. The predicted molar refractivity (Wildman–Crippen MR) is 493 cm³/mol. The van der Waals surface area contributed by atoms with Gasteiger partial charge in [-0.2, -0.15) is 15.3 Å². The van der Waals surface area contributed by atoms with Crippen LogP contribution in [0.3, 0.4) is 0 Å². The van der Waals surface area contributed by atoms with Crippen LogP contribution in [-0.2, 0) is 35.3 Å². The molecule has 11 aromatic rings. The number of amides is 9. The lowest BCUT2D eigenvalue weighted by molar-refractivity contribution is -0.128. The first-order valence-corrected chi connectivity index (χ1v) is 46.3. The number of hydrogen-bond acceptors (Lipinski definition) is 18. The number of halogens is 8. The average molecular weight is 1920 g/mol. The van der Waals surface area contributed by atoms with Gasteiger partial charge in [-0.15, -0.1) is 0 Å². The number of benzene rings is 4. The molecule has 8 fully saturated rings. The van der Waals surface area contributed by atoms with Gasteiger partial charge in [0.25, 0.3) is 29.5 Å². The molecule has 11 heterocycles. The number of hydrogen-bond donors (Lipinski definition) is 5. The van der Waals surface area contributed by atoms with Crippen molar-refractivity contribution in [3.63, 3.8) is 0 Å². The second kappa shape index (κ2) is 39.5. The van der Waals surface area contributed by atoms with E-state index in [-0.39, 0.29) is 104 Å². The Kier molecular flexibility index (Phi) is 28.0. The third-order valence-corrected chi connectivity index (χ3v) is 29.2. The van der Waals surface area contributed by atoms with Gasteiger partial charge in [-0.1, -0.05) is 46.4 Å². The summed E-state index contributed by atoms with van der Waals surface area (Å²) in [6, 6.07) is 20.6. The van der Waals surface area contributed by atoms with Crippen molar-refractivity contribution in [2.75, 3.05) is 73.1 Å². The molecule has 4 aliphatic carbocycles. The van der Waals surface area contributed by atoms with Gasteiger partial charge < -0.3 is 60.6 Å². The van der Waals surface area contributed by atoms with Crippen molar-refractivity contribution >= 4 is 139 Å². The molecule has 7 aromatic heterocycles. The number of aromatic nitrogens is 11. The normalized spacial score (nSPS) is 22.7. The Morgan fingerprint density at radius 1 is 0.470 bits per heavy atom. The maximum absolute atomic E-state index is 13.9. The van der Waals surface area contributed by atoms with Crippen LogP contribution in [0, 0.1) is 72.6 Å². The van der Waals surface area contributed by atoms with E-state index in [4.69, 9.17) is 61.6 Å². The minimum absolute atomic E-state index is 0.0101. The van der Waals surface area contributed by atoms with Gasteiger partial charge in [0.2, 0.25) is 23.6 Å². The van der Waals surface area contributed by atoms with E-state index in [1.165, 1.54) is 68.3 Å². The first-order chi connectivity index (χ1) is 64.2. The molecule has 4 aliphatic heterocycles. The number of nitrogens with one attached hydrogen (secondary N) is 4. The van der Waals surface area contributed by atoms with E-state index in [1.54, 1.807) is 94.6 Å². The van der Waals surface area contributed by atoms with Crippen molar-refractivity contribution in [1.29, 1.82) is 0 Å². The van der Waals surface area contributed by atoms with Crippen LogP contribution in [0.5, 0.6) is 0 Å². The number of ether oxygens (including phenoxy) is 2. The van der Waals surface area contributed by atoms with Crippen LogP contribution >= 0.6 is 46.4 Å². The summed E-state index contributed by atoms with van der Waals surface area (Å²) in [5, 5.41) is 25.7. The Morgan fingerprint density at radius 2 is 0.896 bits per heavy atom. The Bertz CT molecular complexity index is 6300. The van der Waals surface area contributed by atoms with E-state index in [0.29, 0.717) is 210 Å². The molecule has 4 saturated carbocycles. The quantitative estimate of drug-likeness (QED) is 0.0393. The number of methoxy groups -OCH3 is 2. The van der Waals surface area contributed by atoms with Crippen molar-refractivity contribution in [2.45, 2.75) is 187 Å². The second-order valence-corrected chi connectivity index (χ2v) is 37.7. The van der Waals surface area contributed by atoms with E-state index in [2.05, 4.69) is 56.5 Å². The Labute approximate surface area is 788 Å². The van der Waals surface area contributed by atoms with E-state index in [1.807, 2.05) is 39.0 Å². The highest BCUT2D eigenvalue weighted by Gasteiger charge is 2.54. The topological polar surface area (TPSA) is 368 Å². The molecule has 4 spiro atoms. The third-order valence-electron chi connectivity index (χ3n) is 28.0. The Hall–Kier alpha value is -12.0. The average Bonchev–Trinajstić information content (AvgIpc) is 1.63. The molecule has 0 radical (unpaired) electrons. The fourth-order valence-corrected chi connectivity index (χ4v) is 21.5. The number of primary amides is 1. The number of nitrogens with zero attached hydrogens (tertiary/aromatic N) is 15. The molecule has 19 rings (SSSR count). The number of imidazole rings is 1. The highest BCUT2D eigenvalue weighted by molar-refractivity contribution is 6.35. The summed E-state index contributed by atoms with van der Waals surface area (Å²) >= 11 is 24.9. The number of anilines is 4. The van der Waals surface area contributed by atoms with E-state index < -0.39 is 56.7 Å². The summed E-state index contributed by atoms with van der Waals surface area (Å²) in [5.74, 6) is -3.42. The molecule has 4 saturated heterocycles. The number of carbonyl (C=O) groups excluding carboxylic acids is 9. The van der Waals surface area contributed by atoms with Crippen LogP contribution in [0.1, 0.15) is 215 Å². The third kappa shape index (κ3) is 19.1. The maximum atomic E-state index is 13.9. The first kappa shape index (κ1) is 95.1. The molecule has 8 aliphatic rings. The zero-order valence-corrected chi connectivity index (χ0v) is 77.8. The van der Waals surface area contributed by atoms with Gasteiger partial charge in [0, 0.05) is 101 Å². The number of aryl methyl sites for hydroxylation is 4. The summed E-state index contributed by atoms with van der Waals surface area (Å²) < 4.78 is 70.8. The lowest BCUT2D eigenvalue weighted by atomic mass is 9.71. The standard InChI is InChI=1S/C25H27ClFN5O3.C24H29ClFN5O4.2C23H23ClFN5O2/c1-15-11-18(14-35-2)29-22-19(13-28-32(15)22)23(33)30-17-5-7-25(8-6-17)9-10-31(24(25)34)21-4-3-16(27)12-20(21)26;1-14-11-18(16(25)12-17(14)26)30-9-7-24(23(30)34)5-3-15(4-6-24)31-13-29-19(20(31)21(27)32)22(33)28-8-10-35-2;1-14-6-10-30-20(27-14)17(13-26-30)21(31)28-16-4-7-23(8-5-16)9-11-29(22(23)32)19-3-2-15(25)12-18(19)24;1-14-6-10-26-20-17(13-27-30(14)20)21(31)28-16-4-7-23(8-5-16)9-11-29(22(23)32)19-3-2-15(25)12-18(19)24/h3-4,11-13,17H,5-10,14H2,1-2H3,(H,30,33);11-13,15H,3-10H2,1-2H3,(H2,27,32)(H,28,33);2*2-3,6,10,12-13,16H,4-5,7-9,11H2,1H3,(H,28,31). The zero-order valence-electron chi connectivity index (χ0n) is 74.7. The van der Waals surface area contributed by atoms with Gasteiger partial charge in [0.05, 0.1) is 108 Å². The highest BCUT2D eigenvalue weighted by atomic mass is 35.5. The SMILES string of the molecule is COCCNC(=O)c1ncn(C2CCC3(CC2)CCN(c2cc(C)c(F)cc2Cl)C3=O)c1C(N)=O.COCc1cc(C)n2ncc(C(=O)NC3CCC4(CC3)CCN(c3ccc(F)cc3Cl)C4=O)c2n1.Cc1ccn2ncc(C(=O)NC3CCC4(CC3)CCN(c3ccc(F)cc3Cl)C4=O)c2n1.Cc1ccnc2c(C(=O)NC3CCC4(CC3)CCN(c3ccc(F)cc3Cl)C4=O)cnn12.